The topological polar surface area (TPSA) is 20.2 Å². The molecule has 1 heteroatoms. The molecule has 2 rings (SSSR count). The van der Waals surface area contributed by atoms with Crippen LogP contribution in [0, 0.1) is 11.3 Å². The Hall–Kier alpha value is -0.0400. The van der Waals surface area contributed by atoms with Crippen molar-refractivity contribution in [2.24, 2.45) is 11.3 Å². The van der Waals surface area contributed by atoms with Gasteiger partial charge in [0, 0.05) is 6.61 Å². The van der Waals surface area contributed by atoms with Crippen LogP contribution in [0.25, 0.3) is 0 Å². The van der Waals surface area contributed by atoms with Gasteiger partial charge in [0.25, 0.3) is 0 Å². The second-order valence-corrected chi connectivity index (χ2v) is 4.85. The fourth-order valence-electron chi connectivity index (χ4n) is 3.24. The average molecular weight is 168 g/mol. The van der Waals surface area contributed by atoms with Gasteiger partial charge in [-0.3, -0.25) is 0 Å². The molecule has 0 radical (unpaired) electrons. The highest BCUT2D eigenvalue weighted by Crippen LogP contribution is 2.50. The van der Waals surface area contributed by atoms with Crippen molar-refractivity contribution >= 4 is 0 Å². The summed E-state index contributed by atoms with van der Waals surface area (Å²) in [4.78, 5) is 0. The molecule has 1 unspecified atom stereocenters. The first-order valence-corrected chi connectivity index (χ1v) is 5.46. The lowest BCUT2D eigenvalue weighted by Crippen LogP contribution is -2.20. The summed E-state index contributed by atoms with van der Waals surface area (Å²) in [6.45, 7) is 0.432. The van der Waals surface area contributed by atoms with Crippen LogP contribution in [0.15, 0.2) is 0 Å². The summed E-state index contributed by atoms with van der Waals surface area (Å²) in [5, 5.41) is 9.08. The highest BCUT2D eigenvalue weighted by atomic mass is 16.3. The first kappa shape index (κ1) is 8.55. The van der Waals surface area contributed by atoms with Gasteiger partial charge in [-0.1, -0.05) is 19.3 Å². The molecule has 0 amide bonds. The molecule has 2 fully saturated rings. The Balaban J connectivity index is 1.94. The monoisotopic (exact) mass is 168 g/mol. The van der Waals surface area contributed by atoms with Crippen LogP contribution in [0.1, 0.15) is 51.4 Å². The maximum atomic E-state index is 9.08. The summed E-state index contributed by atoms with van der Waals surface area (Å²) in [5.74, 6) is 0.642. The molecule has 0 aromatic rings. The number of aliphatic hydroxyl groups excluding tert-OH is 1. The van der Waals surface area contributed by atoms with E-state index >= 15 is 0 Å². The third-order valence-electron chi connectivity index (χ3n) is 3.98. The fourth-order valence-corrected chi connectivity index (χ4v) is 3.24. The van der Waals surface area contributed by atoms with Crippen molar-refractivity contribution in [3.8, 4) is 0 Å². The second-order valence-electron chi connectivity index (χ2n) is 4.85. The Morgan fingerprint density at radius 1 is 1.08 bits per heavy atom. The zero-order valence-corrected chi connectivity index (χ0v) is 7.89. The average Bonchev–Trinajstić information content (AvgIpc) is 2.50. The predicted octanol–water partition coefficient (Wildman–Crippen LogP) is 2.73. The SMILES string of the molecule is OCC1CCC2(CCCCC2)C1. The van der Waals surface area contributed by atoms with Crippen molar-refractivity contribution in [2.45, 2.75) is 51.4 Å². The second kappa shape index (κ2) is 3.37. The molecule has 0 saturated heterocycles. The van der Waals surface area contributed by atoms with E-state index in [0.29, 0.717) is 17.9 Å². The van der Waals surface area contributed by atoms with Crippen LogP contribution in [0.5, 0.6) is 0 Å². The van der Waals surface area contributed by atoms with Gasteiger partial charge in [0.2, 0.25) is 0 Å². The van der Waals surface area contributed by atoms with Gasteiger partial charge in [-0.25, -0.2) is 0 Å². The molecule has 2 aliphatic rings. The first-order chi connectivity index (χ1) is 5.85. The van der Waals surface area contributed by atoms with Crippen molar-refractivity contribution < 1.29 is 5.11 Å². The lowest BCUT2D eigenvalue weighted by atomic mass is 9.72. The smallest absolute Gasteiger partial charge is 0.0459 e. The molecular weight excluding hydrogens is 148 g/mol. The molecule has 0 heterocycles. The number of aliphatic hydroxyl groups is 1. The van der Waals surface area contributed by atoms with Crippen molar-refractivity contribution in [1.29, 1.82) is 0 Å². The molecule has 2 saturated carbocycles. The lowest BCUT2D eigenvalue weighted by molar-refractivity contribution is 0.168. The molecule has 1 N–H and O–H groups in total. The van der Waals surface area contributed by atoms with Gasteiger partial charge in [0.1, 0.15) is 0 Å². The lowest BCUT2D eigenvalue weighted by Gasteiger charge is -2.33. The quantitative estimate of drug-likeness (QED) is 0.638. The van der Waals surface area contributed by atoms with Gasteiger partial charge in [-0.15, -0.1) is 0 Å². The predicted molar refractivity (Wildman–Crippen MR) is 49.9 cm³/mol. The van der Waals surface area contributed by atoms with Crippen molar-refractivity contribution in [2.75, 3.05) is 6.61 Å². The molecule has 1 spiro atoms. The Kier molecular flexibility index (Phi) is 2.40. The number of hydrogen-bond donors (Lipinski definition) is 1. The summed E-state index contributed by atoms with van der Waals surface area (Å²) in [6, 6.07) is 0. The third-order valence-corrected chi connectivity index (χ3v) is 3.98. The Bertz CT molecular complexity index is 147. The Morgan fingerprint density at radius 2 is 1.83 bits per heavy atom. The van der Waals surface area contributed by atoms with E-state index in [-0.39, 0.29) is 0 Å². The van der Waals surface area contributed by atoms with E-state index in [1.165, 1.54) is 51.4 Å². The molecule has 0 aliphatic heterocycles. The molecule has 0 aromatic heterocycles. The first-order valence-electron chi connectivity index (χ1n) is 5.46. The van der Waals surface area contributed by atoms with Crippen LogP contribution in [0.3, 0.4) is 0 Å². The molecule has 1 nitrogen and oxygen atoms in total. The van der Waals surface area contributed by atoms with Gasteiger partial charge in [0.15, 0.2) is 0 Å². The molecule has 1 atom stereocenters. The van der Waals surface area contributed by atoms with Crippen LogP contribution < -0.4 is 0 Å². The largest absolute Gasteiger partial charge is 0.396 e. The minimum absolute atomic E-state index is 0.432. The molecule has 70 valence electrons. The Morgan fingerprint density at radius 3 is 2.42 bits per heavy atom. The van der Waals surface area contributed by atoms with Gasteiger partial charge >= 0.3 is 0 Å². The molecule has 2 aliphatic carbocycles. The highest BCUT2D eigenvalue weighted by Gasteiger charge is 2.39. The van der Waals surface area contributed by atoms with E-state index < -0.39 is 0 Å². The summed E-state index contributed by atoms with van der Waals surface area (Å²) in [6.07, 6.45) is 11.2. The number of rotatable bonds is 1. The Labute approximate surface area is 75.2 Å². The van der Waals surface area contributed by atoms with Gasteiger partial charge in [-0.2, -0.15) is 0 Å². The summed E-state index contributed by atoms with van der Waals surface area (Å²) in [5.41, 5.74) is 0.686. The van der Waals surface area contributed by atoms with Crippen LogP contribution >= 0.6 is 0 Å². The summed E-state index contributed by atoms with van der Waals surface area (Å²) >= 11 is 0. The molecular formula is C11H20O. The van der Waals surface area contributed by atoms with E-state index in [0.717, 1.165) is 0 Å². The van der Waals surface area contributed by atoms with Crippen molar-refractivity contribution in [1.82, 2.24) is 0 Å². The summed E-state index contributed by atoms with van der Waals surface area (Å²) < 4.78 is 0. The normalized spacial score (nSPS) is 34.2. The van der Waals surface area contributed by atoms with E-state index in [9.17, 15) is 0 Å². The van der Waals surface area contributed by atoms with Crippen LogP contribution in [-0.4, -0.2) is 11.7 Å². The van der Waals surface area contributed by atoms with Crippen LogP contribution in [-0.2, 0) is 0 Å². The van der Waals surface area contributed by atoms with Gasteiger partial charge in [-0.05, 0) is 43.4 Å². The third kappa shape index (κ3) is 1.52. The van der Waals surface area contributed by atoms with E-state index in [2.05, 4.69) is 0 Å². The minimum atomic E-state index is 0.432. The summed E-state index contributed by atoms with van der Waals surface area (Å²) in [7, 11) is 0. The van der Waals surface area contributed by atoms with Gasteiger partial charge < -0.3 is 5.11 Å². The highest BCUT2D eigenvalue weighted by molar-refractivity contribution is 4.90. The number of hydrogen-bond acceptors (Lipinski definition) is 1. The molecule has 0 bridgehead atoms. The minimum Gasteiger partial charge on any atom is -0.396 e. The molecule has 0 aromatic carbocycles. The zero-order valence-electron chi connectivity index (χ0n) is 7.89. The van der Waals surface area contributed by atoms with Gasteiger partial charge in [0.05, 0.1) is 0 Å². The van der Waals surface area contributed by atoms with Crippen LogP contribution in [0.2, 0.25) is 0 Å². The zero-order chi connectivity index (χ0) is 8.44. The van der Waals surface area contributed by atoms with E-state index in [4.69, 9.17) is 5.11 Å². The van der Waals surface area contributed by atoms with Crippen LogP contribution in [0.4, 0.5) is 0 Å². The molecule has 12 heavy (non-hydrogen) atoms. The van der Waals surface area contributed by atoms with E-state index in [1.807, 2.05) is 0 Å². The van der Waals surface area contributed by atoms with E-state index in [1.54, 1.807) is 0 Å². The van der Waals surface area contributed by atoms with Crippen molar-refractivity contribution in [3.05, 3.63) is 0 Å². The fraction of sp³-hybridized carbons (Fsp3) is 1.00. The maximum Gasteiger partial charge on any atom is 0.0459 e. The maximum absolute atomic E-state index is 9.08. The standard InChI is InChI=1S/C11H20O/c12-9-10-4-7-11(8-10)5-2-1-3-6-11/h10,12H,1-9H2. The van der Waals surface area contributed by atoms with Crippen molar-refractivity contribution in [3.63, 3.8) is 0 Å².